The number of nitrogens with zero attached hydrogens (tertiary/aromatic N) is 2. The van der Waals surface area contributed by atoms with Gasteiger partial charge in [-0.05, 0) is 54.4 Å². The van der Waals surface area contributed by atoms with Crippen LogP contribution in [0.4, 0.5) is 4.39 Å². The molecule has 1 amide bonds. The Morgan fingerprint density at radius 3 is 2.41 bits per heavy atom. The number of likely N-dealkylation sites (tertiary alicyclic amines) is 1. The van der Waals surface area contributed by atoms with Crippen molar-refractivity contribution in [3.63, 3.8) is 0 Å². The molecule has 39 heavy (non-hydrogen) atoms. The molecular weight excluding hydrogens is 495 g/mol. The molecule has 1 atom stereocenters. The molecular formula is C32H31FN2O4. The molecule has 3 aromatic carbocycles. The van der Waals surface area contributed by atoms with Gasteiger partial charge in [0.05, 0.1) is 18.2 Å². The third kappa shape index (κ3) is 5.17. The largest absolute Gasteiger partial charge is 0.507 e. The summed E-state index contributed by atoms with van der Waals surface area (Å²) in [5.41, 5.74) is 2.78. The molecule has 0 bridgehead atoms. The van der Waals surface area contributed by atoms with Gasteiger partial charge in [0.2, 0.25) is 0 Å². The number of aliphatic hydroxyl groups is 1. The number of benzene rings is 3. The second kappa shape index (κ2) is 11.2. The summed E-state index contributed by atoms with van der Waals surface area (Å²) in [4.78, 5) is 28.3. The van der Waals surface area contributed by atoms with E-state index in [1.807, 2.05) is 42.1 Å². The van der Waals surface area contributed by atoms with Crippen LogP contribution >= 0.6 is 0 Å². The number of carbonyl (C=O) groups is 2. The summed E-state index contributed by atoms with van der Waals surface area (Å²) >= 11 is 0. The third-order valence-electron chi connectivity index (χ3n) is 7.17. The Morgan fingerprint density at radius 2 is 1.69 bits per heavy atom. The number of ketones is 1. The molecule has 7 heteroatoms. The quantitative estimate of drug-likeness (QED) is 0.117. The Kier molecular flexibility index (Phi) is 7.50. The lowest BCUT2D eigenvalue weighted by atomic mass is 9.94. The summed E-state index contributed by atoms with van der Waals surface area (Å²) in [6.07, 6.45) is 5.04. The fourth-order valence-electron chi connectivity index (χ4n) is 5.15. The van der Waals surface area contributed by atoms with E-state index >= 15 is 0 Å². The lowest BCUT2D eigenvalue weighted by Gasteiger charge is -2.25. The van der Waals surface area contributed by atoms with E-state index in [1.165, 1.54) is 17.0 Å². The molecule has 1 N–H and O–H groups in total. The first-order valence-corrected chi connectivity index (χ1v) is 13.2. The standard InChI is InChI=1S/C32H31FN2O4/c1-3-4-7-18-39-24-16-12-22(13-17-24)30(36)28-29(26-20-34(2)27-9-6-5-8-25(26)27)35(32(38)31(28)37)19-21-10-14-23(33)15-11-21/h5-6,8-17,20,29,36H,3-4,7,18-19H2,1-2H3/b30-28+. The fourth-order valence-corrected chi connectivity index (χ4v) is 5.15. The van der Waals surface area contributed by atoms with Gasteiger partial charge < -0.3 is 19.3 Å². The number of Topliss-reactive ketones (excluding diaryl/α,β-unsaturated/α-hetero) is 1. The van der Waals surface area contributed by atoms with Crippen LogP contribution < -0.4 is 4.74 Å². The number of hydrogen-bond acceptors (Lipinski definition) is 4. The van der Waals surface area contributed by atoms with E-state index in [-0.39, 0.29) is 23.7 Å². The predicted octanol–water partition coefficient (Wildman–Crippen LogP) is 6.51. The highest BCUT2D eigenvalue weighted by molar-refractivity contribution is 6.46. The average Bonchev–Trinajstić information content (AvgIpc) is 3.41. The third-order valence-corrected chi connectivity index (χ3v) is 7.17. The number of hydrogen-bond donors (Lipinski definition) is 1. The highest BCUT2D eigenvalue weighted by Crippen LogP contribution is 2.43. The van der Waals surface area contributed by atoms with Crippen LogP contribution in [0.3, 0.4) is 0 Å². The van der Waals surface area contributed by atoms with Gasteiger partial charge >= 0.3 is 0 Å². The zero-order valence-electron chi connectivity index (χ0n) is 22.1. The molecule has 5 rings (SSSR count). The van der Waals surface area contributed by atoms with E-state index in [1.54, 1.807) is 36.4 Å². The van der Waals surface area contributed by atoms with E-state index in [0.29, 0.717) is 23.5 Å². The second-order valence-electron chi connectivity index (χ2n) is 9.85. The normalized spacial score (nSPS) is 16.8. The molecule has 1 fully saturated rings. The van der Waals surface area contributed by atoms with Crippen molar-refractivity contribution < 1.29 is 23.8 Å². The minimum atomic E-state index is -0.828. The van der Waals surface area contributed by atoms with Crippen LogP contribution in [0, 0.1) is 5.82 Å². The van der Waals surface area contributed by atoms with Crippen molar-refractivity contribution in [1.82, 2.24) is 9.47 Å². The number of aliphatic hydroxyl groups excluding tert-OH is 1. The predicted molar refractivity (Wildman–Crippen MR) is 149 cm³/mol. The van der Waals surface area contributed by atoms with E-state index in [4.69, 9.17) is 4.74 Å². The topological polar surface area (TPSA) is 71.8 Å². The number of carbonyl (C=O) groups excluding carboxylic acids is 2. The van der Waals surface area contributed by atoms with Gasteiger partial charge in [-0.3, -0.25) is 9.59 Å². The van der Waals surface area contributed by atoms with Crippen LogP contribution in [0.1, 0.15) is 48.9 Å². The van der Waals surface area contributed by atoms with Crippen LogP contribution in [0.2, 0.25) is 0 Å². The Labute approximate surface area is 226 Å². The minimum Gasteiger partial charge on any atom is -0.507 e. The zero-order valence-corrected chi connectivity index (χ0v) is 22.1. The van der Waals surface area contributed by atoms with Gasteiger partial charge in [-0.2, -0.15) is 0 Å². The number of halogens is 1. The molecule has 1 aliphatic heterocycles. The van der Waals surface area contributed by atoms with Crippen LogP contribution in [-0.2, 0) is 23.2 Å². The van der Waals surface area contributed by atoms with Crippen LogP contribution in [0.25, 0.3) is 16.7 Å². The molecule has 2 heterocycles. The Morgan fingerprint density at radius 1 is 0.974 bits per heavy atom. The molecule has 0 radical (unpaired) electrons. The van der Waals surface area contributed by atoms with E-state index in [2.05, 4.69) is 6.92 Å². The summed E-state index contributed by atoms with van der Waals surface area (Å²) in [6.45, 7) is 2.82. The summed E-state index contributed by atoms with van der Waals surface area (Å²) in [6, 6.07) is 19.6. The van der Waals surface area contributed by atoms with Gasteiger partial charge in [-0.25, -0.2) is 4.39 Å². The maximum absolute atomic E-state index is 13.6. The van der Waals surface area contributed by atoms with Crippen LogP contribution in [0.5, 0.6) is 5.75 Å². The number of ether oxygens (including phenoxy) is 1. The van der Waals surface area contributed by atoms with Crippen molar-refractivity contribution in [2.24, 2.45) is 7.05 Å². The zero-order chi connectivity index (χ0) is 27.5. The maximum atomic E-state index is 13.6. The van der Waals surface area contributed by atoms with E-state index in [9.17, 15) is 19.1 Å². The molecule has 1 unspecified atom stereocenters. The number of aromatic nitrogens is 1. The monoisotopic (exact) mass is 526 g/mol. The average molecular weight is 527 g/mol. The Bertz CT molecular complexity index is 1540. The molecule has 0 spiro atoms. The number of amides is 1. The summed E-state index contributed by atoms with van der Waals surface area (Å²) in [5.74, 6) is -1.43. The van der Waals surface area contributed by atoms with Crippen molar-refractivity contribution in [2.45, 2.75) is 38.8 Å². The van der Waals surface area contributed by atoms with Crippen molar-refractivity contribution in [2.75, 3.05) is 6.61 Å². The van der Waals surface area contributed by atoms with Gasteiger partial charge in [0, 0.05) is 41.8 Å². The van der Waals surface area contributed by atoms with E-state index in [0.717, 1.165) is 35.7 Å². The van der Waals surface area contributed by atoms with Crippen molar-refractivity contribution in [3.05, 3.63) is 107 Å². The Hall–Kier alpha value is -4.39. The van der Waals surface area contributed by atoms with Gasteiger partial charge in [0.1, 0.15) is 17.3 Å². The molecule has 0 saturated carbocycles. The number of unbranched alkanes of at least 4 members (excludes halogenated alkanes) is 2. The number of fused-ring (bicyclic) bond motifs is 1. The number of rotatable bonds is 9. The number of aryl methyl sites for hydroxylation is 1. The van der Waals surface area contributed by atoms with Crippen LogP contribution in [-0.4, -0.2) is 32.9 Å². The maximum Gasteiger partial charge on any atom is 0.295 e. The fraction of sp³-hybridized carbons (Fsp3) is 0.250. The molecule has 0 aliphatic carbocycles. The molecule has 1 saturated heterocycles. The summed E-state index contributed by atoms with van der Waals surface area (Å²) in [7, 11) is 1.90. The molecule has 1 aliphatic rings. The first-order chi connectivity index (χ1) is 18.9. The van der Waals surface area contributed by atoms with Gasteiger partial charge in [-0.1, -0.05) is 50.1 Å². The lowest BCUT2D eigenvalue weighted by molar-refractivity contribution is -0.140. The van der Waals surface area contributed by atoms with E-state index < -0.39 is 17.7 Å². The molecule has 1 aromatic heterocycles. The smallest absolute Gasteiger partial charge is 0.295 e. The molecule has 200 valence electrons. The summed E-state index contributed by atoms with van der Waals surface area (Å²) in [5, 5.41) is 12.3. The Balaban J connectivity index is 1.58. The van der Waals surface area contributed by atoms with Gasteiger partial charge in [-0.15, -0.1) is 0 Å². The second-order valence-corrected chi connectivity index (χ2v) is 9.85. The van der Waals surface area contributed by atoms with Crippen molar-refractivity contribution >= 4 is 28.4 Å². The first kappa shape index (κ1) is 26.2. The minimum absolute atomic E-state index is 0.0232. The summed E-state index contributed by atoms with van der Waals surface area (Å²) < 4.78 is 21.3. The highest BCUT2D eigenvalue weighted by Gasteiger charge is 2.47. The SMILES string of the molecule is CCCCCOc1ccc(/C(O)=C2\C(=O)C(=O)N(Cc3ccc(F)cc3)C2c2cn(C)c3ccccc23)cc1. The molecule has 4 aromatic rings. The van der Waals surface area contributed by atoms with Crippen molar-refractivity contribution in [1.29, 1.82) is 0 Å². The number of para-hydroxylation sites is 1. The van der Waals surface area contributed by atoms with Crippen molar-refractivity contribution in [3.8, 4) is 5.75 Å². The lowest BCUT2D eigenvalue weighted by Crippen LogP contribution is -2.29. The molecule has 6 nitrogen and oxygen atoms in total. The van der Waals surface area contributed by atoms with Gasteiger partial charge in [0.15, 0.2) is 0 Å². The first-order valence-electron chi connectivity index (χ1n) is 13.2. The van der Waals surface area contributed by atoms with Gasteiger partial charge in [0.25, 0.3) is 11.7 Å². The highest BCUT2D eigenvalue weighted by atomic mass is 19.1. The van der Waals surface area contributed by atoms with Crippen LogP contribution in [0.15, 0.2) is 84.6 Å².